The first-order valence-electron chi connectivity index (χ1n) is 32.4. The number of hydrogen-bond acceptors (Lipinski definition) is 27. The molecule has 5 rings (SSSR count). The van der Waals surface area contributed by atoms with E-state index in [0.29, 0.717) is 51.8 Å². The summed E-state index contributed by atoms with van der Waals surface area (Å²) in [6, 6.07) is 0. The molecule has 5 aliphatic rings. The van der Waals surface area contributed by atoms with Gasteiger partial charge in [-0.1, -0.05) is 58.7 Å². The van der Waals surface area contributed by atoms with E-state index in [9.17, 15) is 47.9 Å². The van der Waals surface area contributed by atoms with Crippen LogP contribution in [0, 0.1) is 0 Å². The minimum Gasteiger partial charge on any atom is -0.870 e. The molecule has 8 N–H and O–H groups in total. The van der Waals surface area contributed by atoms with Gasteiger partial charge >= 0.3 is 71.1 Å². The van der Waals surface area contributed by atoms with Crippen LogP contribution in [0.25, 0.3) is 0 Å². The van der Waals surface area contributed by atoms with Gasteiger partial charge in [0.2, 0.25) is 17.0 Å². The second-order valence-electron chi connectivity index (χ2n) is 23.8. The van der Waals surface area contributed by atoms with Gasteiger partial charge in [0.15, 0.2) is 23.0 Å². The van der Waals surface area contributed by atoms with Crippen LogP contribution in [0.2, 0.25) is 0 Å². The summed E-state index contributed by atoms with van der Waals surface area (Å²) >= 11 is 1.54. The van der Waals surface area contributed by atoms with Crippen molar-refractivity contribution in [3.05, 3.63) is 37.5 Å². The zero-order valence-electron chi connectivity index (χ0n) is 64.9. The zero-order valence-corrected chi connectivity index (χ0v) is 66.4. The molecular formula is C69H131AlLi2O29. The Morgan fingerprint density at radius 3 is 1.13 bits per heavy atom. The van der Waals surface area contributed by atoms with E-state index in [0.717, 1.165) is 52.1 Å². The summed E-state index contributed by atoms with van der Waals surface area (Å²) in [5, 5.41) is 38.5. The molecule has 4 fully saturated rings. The number of rotatable bonds is 16. The summed E-state index contributed by atoms with van der Waals surface area (Å²) in [6.45, 7) is 47.3. The van der Waals surface area contributed by atoms with Crippen molar-refractivity contribution >= 4 is 94.2 Å². The van der Waals surface area contributed by atoms with Gasteiger partial charge in [-0.15, -0.1) is 0 Å². The van der Waals surface area contributed by atoms with Crippen molar-refractivity contribution in [1.82, 2.24) is 0 Å². The van der Waals surface area contributed by atoms with Gasteiger partial charge in [-0.2, -0.15) is 0 Å². The van der Waals surface area contributed by atoms with Crippen LogP contribution >= 0.6 is 0 Å². The SMILES string of the molecule is C.C=CC=C.CC.CC(=O)C1(CO)CCCCO1.CC(C)(C)OOC(C)(C)C.CC(C)(C)[O][AlH].CC1CCCO1.CCOC(=O)C(=O)C(C)=O.CCOC(=O)C1(C(C)=O)CC=CCO1.CCOC(=O)C1(C(C)=O)CCCCO1.CCOC(C)=O.O.O=C(O)C1(CO)CCCCO1.OO.[Li+].[Li].[OH-]. The molecule has 4 saturated heterocycles. The molecule has 32 heteroatoms. The number of Topliss-reactive ketones (excluding diaryl/α,β-unsaturated/α-hetero) is 5. The van der Waals surface area contributed by atoms with Crippen molar-refractivity contribution in [2.24, 2.45) is 0 Å². The summed E-state index contributed by atoms with van der Waals surface area (Å²) in [7, 11) is 0. The smallest absolute Gasteiger partial charge is 0.870 e. The Morgan fingerprint density at radius 1 is 0.564 bits per heavy atom. The molecule has 0 aromatic rings. The number of aliphatic hydroxyl groups excluding tert-OH is 2. The molecule has 0 saturated carbocycles. The third-order valence-corrected chi connectivity index (χ3v) is 13.2. The van der Waals surface area contributed by atoms with E-state index in [1.165, 1.54) is 57.2 Å². The maximum absolute atomic E-state index is 11.6. The van der Waals surface area contributed by atoms with Crippen LogP contribution in [0.3, 0.4) is 0 Å². The van der Waals surface area contributed by atoms with Crippen molar-refractivity contribution < 1.29 is 160 Å². The quantitative estimate of drug-likeness (QED) is 0.0142. The van der Waals surface area contributed by atoms with E-state index < -0.39 is 64.5 Å². The van der Waals surface area contributed by atoms with Gasteiger partial charge in [-0.25, -0.2) is 29.0 Å². The molecule has 5 unspecified atom stereocenters. The van der Waals surface area contributed by atoms with Crippen LogP contribution in [-0.2, 0) is 104 Å². The fourth-order valence-electron chi connectivity index (χ4n) is 7.08. The van der Waals surface area contributed by atoms with E-state index in [1.807, 2.05) is 76.2 Å². The topological polar surface area (TPSA) is 444 Å². The summed E-state index contributed by atoms with van der Waals surface area (Å²) in [4.78, 5) is 119. The van der Waals surface area contributed by atoms with Crippen molar-refractivity contribution in [3.8, 4) is 0 Å². The zero-order chi connectivity index (χ0) is 76.4. The van der Waals surface area contributed by atoms with Gasteiger partial charge in [0.05, 0.1) is 63.6 Å². The number of carboxylic acids is 1. The molecule has 101 heavy (non-hydrogen) atoms. The number of carboxylic acid groups (broad SMARTS) is 1. The largest absolute Gasteiger partial charge is 1.00 e. The van der Waals surface area contributed by atoms with Crippen LogP contribution in [0.1, 0.15) is 230 Å². The molecule has 5 heterocycles. The van der Waals surface area contributed by atoms with Crippen molar-refractivity contribution in [3.63, 3.8) is 0 Å². The number of allylic oxidation sites excluding steroid dienone is 2. The van der Waals surface area contributed by atoms with Gasteiger partial charge in [-0.05, 0) is 188 Å². The van der Waals surface area contributed by atoms with Crippen molar-refractivity contribution in [2.75, 3.05) is 72.7 Å². The predicted molar refractivity (Wildman–Crippen MR) is 381 cm³/mol. The van der Waals surface area contributed by atoms with Crippen LogP contribution in [0.4, 0.5) is 0 Å². The molecule has 0 aromatic carbocycles. The van der Waals surface area contributed by atoms with Gasteiger partial charge < -0.3 is 72.7 Å². The fourth-order valence-corrected chi connectivity index (χ4v) is 7.08. The summed E-state index contributed by atoms with van der Waals surface area (Å²) < 4.78 is 49.3. The molecule has 0 aromatic heterocycles. The van der Waals surface area contributed by atoms with Crippen molar-refractivity contribution in [2.45, 2.75) is 275 Å². The van der Waals surface area contributed by atoms with E-state index in [1.54, 1.807) is 52.0 Å². The molecule has 0 aliphatic carbocycles. The molecule has 29 nitrogen and oxygen atoms in total. The van der Waals surface area contributed by atoms with E-state index in [2.05, 4.69) is 29.6 Å². The molecule has 586 valence electrons. The Balaban J connectivity index is -0.0000000875. The van der Waals surface area contributed by atoms with Crippen LogP contribution in [0.15, 0.2) is 37.5 Å². The Labute approximate surface area is 635 Å². The summed E-state index contributed by atoms with van der Waals surface area (Å²) in [5.41, 5.74) is -5.26. The fraction of sp³-hybridized carbons (Fsp3) is 0.768. The minimum atomic E-state index is -1.40. The third kappa shape index (κ3) is 63.1. The van der Waals surface area contributed by atoms with Gasteiger partial charge in [0.1, 0.15) is 5.60 Å². The summed E-state index contributed by atoms with van der Waals surface area (Å²) in [5.74, 6) is -5.97. The molecular weight excluding hydrogens is 1330 g/mol. The normalized spacial score (nSPS) is 20.0. The predicted octanol–water partition coefficient (Wildman–Crippen LogP) is 5.71. The first kappa shape index (κ1) is 124. The Morgan fingerprint density at radius 2 is 0.941 bits per heavy atom. The van der Waals surface area contributed by atoms with Crippen LogP contribution in [-0.4, -0.2) is 249 Å². The second-order valence-corrected chi connectivity index (χ2v) is 24.0. The minimum absolute atomic E-state index is 0. The number of aliphatic hydroxyl groups is 2. The standard InChI is InChI=1S/C10H16O4.C10H14O4.C8H14O3.C8H18O2.C7H12O4.C6H8O4.C5H10O.C4H8O2.C4H9O.C4H6.C2H6.CH4.Al.2Li.H2O2.2H2O.H/c2*1-3-13-9(12)10(8(2)11)6-4-5-7-14-10;1-7(10)8(6-9)4-2-3-5-11-8;1-7(2,3)9-10-8(4,5)6;8-5-7(6(9)10)3-1-2-4-11-7;1-3-10-6(9)5(8)4(2)7;1-5-3-2-4-6-5;1-3-6-4(2)5;1-4(2,3)5;1-3-4-2;1-2;;;;;1-2;;;/h3-7H2,1-2H3;4-5H,3,6-7H2,1-2H3;9H,2-6H2,1H3;1-6H3;8H,1-5H2,(H,9,10);3H2,1-2H3;5H,2-4H2,1H3;3H2,1-2H3;1-3H3;3-4H,1-2H2;1-2H3;1H4;;;;1-2H;2*1H2;/q;;;;;;;;-1;;;;+1;;+1;;;;/p-1. The molecule has 2 radical (unpaired) electrons. The molecule has 5 atom stereocenters. The second kappa shape index (κ2) is 71.7. The number of esters is 4. The maximum atomic E-state index is 11.6. The Hall–Kier alpha value is -3.91. The van der Waals surface area contributed by atoms with Crippen LogP contribution in [0.5, 0.6) is 0 Å². The molecule has 0 amide bonds. The maximum Gasteiger partial charge on any atom is 1.00 e. The monoisotopic (exact) mass is 1460 g/mol. The first-order valence-corrected chi connectivity index (χ1v) is 32.9. The summed E-state index contributed by atoms with van der Waals surface area (Å²) in [6.07, 6.45) is 17.1. The van der Waals surface area contributed by atoms with Gasteiger partial charge in [-0.3, -0.25) is 39.3 Å². The Bertz CT molecular complexity index is 2130. The van der Waals surface area contributed by atoms with Crippen molar-refractivity contribution in [1.29, 1.82) is 0 Å². The number of carbonyl (C=O) groups excluding carboxylic acids is 9. The number of ketones is 5. The molecule has 0 bridgehead atoms. The number of ether oxygens (including phenoxy) is 9. The number of aliphatic carboxylic acids is 1. The first-order chi connectivity index (χ1) is 44.6. The Kier molecular flexibility index (Phi) is 87.9. The molecule has 5 aliphatic heterocycles. The average Bonchev–Trinajstić information content (AvgIpc) is 1.60. The van der Waals surface area contributed by atoms with Gasteiger partial charge in [0.25, 0.3) is 0 Å². The number of carbonyl (C=O) groups is 10. The number of hydrogen-bond donors (Lipinski definition) is 5. The van der Waals surface area contributed by atoms with E-state index in [4.69, 9.17) is 72.6 Å². The van der Waals surface area contributed by atoms with Gasteiger partial charge in [0, 0.05) is 71.2 Å². The van der Waals surface area contributed by atoms with Crippen LogP contribution < -0.4 is 18.9 Å². The average molecular weight is 1470 g/mol. The molecule has 0 spiro atoms. The van der Waals surface area contributed by atoms with E-state index in [-0.39, 0.29) is 136 Å². The third-order valence-electron chi connectivity index (χ3n) is 12.3. The van der Waals surface area contributed by atoms with E-state index >= 15 is 0 Å².